The van der Waals surface area contributed by atoms with Crippen LogP contribution in [0.25, 0.3) is 10.6 Å². The van der Waals surface area contributed by atoms with E-state index in [2.05, 4.69) is 32.2 Å². The molecule has 1 aromatic heterocycles. The van der Waals surface area contributed by atoms with Crippen molar-refractivity contribution in [2.75, 3.05) is 26.2 Å². The molecule has 0 atom stereocenters. The number of unbranched alkanes of at least 4 members (excludes halogenated alkanes) is 1. The zero-order chi connectivity index (χ0) is 22.1. The van der Waals surface area contributed by atoms with E-state index in [0.717, 1.165) is 45.6 Å². The molecule has 0 radical (unpaired) electrons. The maximum Gasteiger partial charge on any atom is 0.211 e. The first-order valence-electron chi connectivity index (χ1n) is 11.1. The van der Waals surface area contributed by atoms with E-state index in [0.29, 0.717) is 0 Å². The summed E-state index contributed by atoms with van der Waals surface area (Å²) >= 11 is 1.58. The Labute approximate surface area is 189 Å². The quantitative estimate of drug-likeness (QED) is 0.263. The van der Waals surface area contributed by atoms with E-state index in [1.165, 1.54) is 51.7 Å². The Balaban J connectivity index is 1.48. The molecule has 2 aromatic rings. The minimum absolute atomic E-state index is 0.0562. The third-order valence-electron chi connectivity index (χ3n) is 5.38. The van der Waals surface area contributed by atoms with Crippen molar-refractivity contribution < 1.29 is 4.74 Å². The Morgan fingerprint density at radius 3 is 2.45 bits per heavy atom. The van der Waals surface area contributed by atoms with E-state index in [4.69, 9.17) is 16.2 Å². The molecule has 0 amide bonds. The Kier molecular flexibility index (Phi) is 8.85. The average molecular weight is 443 g/mol. The summed E-state index contributed by atoms with van der Waals surface area (Å²) in [6, 6.07) is 8.13. The zero-order valence-electron chi connectivity index (χ0n) is 18.6. The summed E-state index contributed by atoms with van der Waals surface area (Å²) < 4.78 is 5.94. The van der Waals surface area contributed by atoms with Gasteiger partial charge in [0, 0.05) is 5.56 Å². The highest BCUT2D eigenvalue weighted by Gasteiger charge is 2.12. The largest absolute Gasteiger partial charge is 0.494 e. The number of rotatable bonds is 9. The molecule has 1 saturated heterocycles. The van der Waals surface area contributed by atoms with E-state index in [9.17, 15) is 0 Å². The van der Waals surface area contributed by atoms with Crippen molar-refractivity contribution in [1.82, 2.24) is 9.88 Å². The zero-order valence-corrected chi connectivity index (χ0v) is 19.5. The highest BCUT2D eigenvalue weighted by molar-refractivity contribution is 7.17. The highest BCUT2D eigenvalue weighted by atomic mass is 32.1. The van der Waals surface area contributed by atoms with Crippen LogP contribution in [0.3, 0.4) is 0 Å². The minimum Gasteiger partial charge on any atom is -0.494 e. The normalized spacial score (nSPS) is 15.5. The van der Waals surface area contributed by atoms with Crippen LogP contribution in [-0.4, -0.2) is 47.8 Å². The summed E-state index contributed by atoms with van der Waals surface area (Å²) in [6.07, 6.45) is 7.77. The van der Waals surface area contributed by atoms with Crippen LogP contribution in [-0.2, 0) is 0 Å². The van der Waals surface area contributed by atoms with Gasteiger partial charge < -0.3 is 21.1 Å². The number of ether oxygens (including phenoxy) is 1. The Morgan fingerprint density at radius 2 is 1.77 bits per heavy atom. The number of nitrogens with two attached hydrogens (primary N) is 2. The van der Waals surface area contributed by atoms with Gasteiger partial charge in [0.2, 0.25) is 5.96 Å². The van der Waals surface area contributed by atoms with Crippen LogP contribution in [0.4, 0.5) is 0 Å². The summed E-state index contributed by atoms with van der Waals surface area (Å²) in [7, 11) is 0. The van der Waals surface area contributed by atoms with Crippen molar-refractivity contribution in [2.45, 2.75) is 52.4 Å². The van der Waals surface area contributed by atoms with E-state index in [1.54, 1.807) is 11.3 Å². The summed E-state index contributed by atoms with van der Waals surface area (Å²) in [5.41, 5.74) is 13.4. The van der Waals surface area contributed by atoms with Crippen LogP contribution in [0, 0.1) is 6.92 Å². The van der Waals surface area contributed by atoms with Crippen molar-refractivity contribution in [3.63, 3.8) is 0 Å². The first-order valence-corrected chi connectivity index (χ1v) is 11.9. The number of aromatic nitrogens is 1. The first-order chi connectivity index (χ1) is 15.0. The van der Waals surface area contributed by atoms with E-state index >= 15 is 0 Å². The maximum atomic E-state index is 5.94. The van der Waals surface area contributed by atoms with Gasteiger partial charge in [-0.2, -0.15) is 5.10 Å². The fourth-order valence-corrected chi connectivity index (χ4v) is 4.73. The third-order valence-corrected chi connectivity index (χ3v) is 6.69. The van der Waals surface area contributed by atoms with Gasteiger partial charge in [0.05, 0.1) is 22.9 Å². The van der Waals surface area contributed by atoms with Crippen LogP contribution < -0.4 is 16.2 Å². The number of hydrogen-bond donors (Lipinski definition) is 2. The fraction of sp³-hybridized carbons (Fsp3) is 0.522. The second-order valence-corrected chi connectivity index (χ2v) is 8.98. The van der Waals surface area contributed by atoms with Crippen LogP contribution in [0.5, 0.6) is 5.75 Å². The van der Waals surface area contributed by atoms with E-state index in [1.807, 2.05) is 26.0 Å². The topological polar surface area (TPSA) is 102 Å². The van der Waals surface area contributed by atoms with Crippen molar-refractivity contribution in [3.8, 4) is 16.3 Å². The smallest absolute Gasteiger partial charge is 0.211 e. The van der Waals surface area contributed by atoms with Crippen LogP contribution in [0.2, 0.25) is 0 Å². The lowest BCUT2D eigenvalue weighted by Crippen LogP contribution is -2.25. The van der Waals surface area contributed by atoms with E-state index in [-0.39, 0.29) is 5.96 Å². The number of benzene rings is 1. The summed E-state index contributed by atoms with van der Waals surface area (Å²) in [5.74, 6) is 0.844. The first kappa shape index (κ1) is 23.2. The van der Waals surface area contributed by atoms with Gasteiger partial charge in [-0.05, 0) is 83.4 Å². The lowest BCUT2D eigenvalue weighted by molar-refractivity contribution is 0.256. The fourth-order valence-electron chi connectivity index (χ4n) is 3.71. The number of aryl methyl sites for hydroxylation is 1. The predicted octanol–water partition coefficient (Wildman–Crippen LogP) is 4.15. The van der Waals surface area contributed by atoms with Crippen molar-refractivity contribution in [1.29, 1.82) is 0 Å². The molecular weight excluding hydrogens is 408 g/mol. The van der Waals surface area contributed by atoms with Crippen molar-refractivity contribution >= 4 is 23.0 Å². The maximum absolute atomic E-state index is 5.94. The Hall–Kier alpha value is -2.45. The number of thiazole rings is 1. The van der Waals surface area contributed by atoms with Gasteiger partial charge >= 0.3 is 0 Å². The number of likely N-dealkylation sites (tertiary alicyclic amines) is 1. The second-order valence-electron chi connectivity index (χ2n) is 7.98. The minimum atomic E-state index is -0.0562. The second kappa shape index (κ2) is 11.8. The number of nitrogens with zero attached hydrogens (tertiary/aromatic N) is 4. The van der Waals surface area contributed by atoms with Gasteiger partial charge in [0.1, 0.15) is 10.8 Å². The molecule has 1 aliphatic heterocycles. The molecule has 0 saturated carbocycles. The van der Waals surface area contributed by atoms with Crippen molar-refractivity contribution in [3.05, 3.63) is 34.8 Å². The molecule has 4 N–H and O–H groups in total. The summed E-state index contributed by atoms with van der Waals surface area (Å²) in [4.78, 5) is 8.26. The standard InChI is InChI=1S/C23H34N6OS/c1-17-21(18(2)27-28-23(24)25)31-22(26-17)19-9-11-20(12-10-19)30-16-8-7-15-29-13-5-3-4-6-14-29/h9-12H,3-8,13-16H2,1-2H3,(H4,24,25,28)/b27-18+. The molecule has 1 aromatic carbocycles. The molecule has 1 fully saturated rings. The highest BCUT2D eigenvalue weighted by Crippen LogP contribution is 2.29. The van der Waals surface area contributed by atoms with Crippen LogP contribution in [0.15, 0.2) is 34.5 Å². The summed E-state index contributed by atoms with van der Waals surface area (Å²) in [5, 5.41) is 8.73. The van der Waals surface area contributed by atoms with Gasteiger partial charge in [-0.3, -0.25) is 0 Å². The number of hydrogen-bond acceptors (Lipinski definition) is 6. The van der Waals surface area contributed by atoms with Crippen LogP contribution >= 0.6 is 11.3 Å². The molecule has 0 aliphatic carbocycles. The lowest BCUT2D eigenvalue weighted by atomic mass is 10.2. The Morgan fingerprint density at radius 1 is 1.06 bits per heavy atom. The van der Waals surface area contributed by atoms with E-state index < -0.39 is 0 Å². The van der Waals surface area contributed by atoms with Gasteiger partial charge in [-0.25, -0.2) is 4.98 Å². The molecule has 31 heavy (non-hydrogen) atoms. The molecule has 2 heterocycles. The van der Waals surface area contributed by atoms with Crippen LogP contribution in [0.1, 0.15) is 56.0 Å². The predicted molar refractivity (Wildman–Crippen MR) is 130 cm³/mol. The average Bonchev–Trinajstić information content (AvgIpc) is 2.97. The monoisotopic (exact) mass is 442 g/mol. The molecule has 0 bridgehead atoms. The van der Waals surface area contributed by atoms with Gasteiger partial charge in [0.15, 0.2) is 0 Å². The molecule has 8 heteroatoms. The molecule has 7 nitrogen and oxygen atoms in total. The van der Waals surface area contributed by atoms with Crippen molar-refractivity contribution in [2.24, 2.45) is 21.7 Å². The molecular formula is C23H34N6OS. The summed E-state index contributed by atoms with van der Waals surface area (Å²) in [6.45, 7) is 8.32. The third kappa shape index (κ3) is 7.33. The van der Waals surface area contributed by atoms with Gasteiger partial charge in [-0.1, -0.05) is 12.8 Å². The van der Waals surface area contributed by atoms with Gasteiger partial charge in [-0.15, -0.1) is 16.4 Å². The Bertz CT molecular complexity index is 878. The molecule has 168 valence electrons. The SMILES string of the molecule is C/C(=N\N=C(N)N)c1sc(-c2ccc(OCCCCN3CCCCCC3)cc2)nc1C. The molecule has 3 rings (SSSR count). The molecule has 1 aliphatic rings. The van der Waals surface area contributed by atoms with Gasteiger partial charge in [0.25, 0.3) is 0 Å². The number of guanidine groups is 1. The molecule has 0 spiro atoms. The molecule has 0 unspecified atom stereocenters. The lowest BCUT2D eigenvalue weighted by Gasteiger charge is -2.19.